The van der Waals surface area contributed by atoms with Gasteiger partial charge in [-0.05, 0) is 25.2 Å². The van der Waals surface area contributed by atoms with E-state index in [0.29, 0.717) is 48.9 Å². The van der Waals surface area contributed by atoms with Crippen LogP contribution >= 0.6 is 0 Å². The first-order valence-corrected chi connectivity index (χ1v) is 9.43. The van der Waals surface area contributed by atoms with E-state index in [-0.39, 0.29) is 6.07 Å². The molecule has 0 bridgehead atoms. The number of nitrogens with two attached hydrogens (primary N) is 1. The standard InChI is InChI=1S/C19H20F6N6O/c1-29-2-4-30(5-3-29)16(12-9-27-11-28-10-12)17(32)31(26)15-7-13(18(20,21)22)6-14(8-15)19(23,24)25/h6-11,16H,2-5,26H2,1H3. The average molecular weight is 462 g/mol. The molecule has 7 nitrogen and oxygen atoms in total. The number of benzene rings is 1. The van der Waals surface area contributed by atoms with Gasteiger partial charge in [0.05, 0.1) is 16.8 Å². The van der Waals surface area contributed by atoms with E-state index < -0.39 is 41.1 Å². The highest BCUT2D eigenvalue weighted by molar-refractivity contribution is 5.97. The van der Waals surface area contributed by atoms with Gasteiger partial charge in [0.1, 0.15) is 12.4 Å². The van der Waals surface area contributed by atoms with Crippen LogP contribution in [0.1, 0.15) is 22.7 Å². The van der Waals surface area contributed by atoms with Gasteiger partial charge in [0, 0.05) is 44.1 Å². The summed E-state index contributed by atoms with van der Waals surface area (Å²) in [5, 5.41) is 0.320. The number of likely N-dealkylation sites (N-methyl/N-ethyl adjacent to an activating group) is 1. The molecule has 2 aromatic rings. The molecule has 2 heterocycles. The predicted molar refractivity (Wildman–Crippen MR) is 102 cm³/mol. The molecule has 174 valence electrons. The van der Waals surface area contributed by atoms with Crippen molar-refractivity contribution < 1.29 is 31.1 Å². The van der Waals surface area contributed by atoms with Gasteiger partial charge in [-0.2, -0.15) is 26.3 Å². The lowest BCUT2D eigenvalue weighted by Gasteiger charge is -2.38. The quantitative estimate of drug-likeness (QED) is 0.326. The molecule has 1 aliphatic rings. The van der Waals surface area contributed by atoms with Gasteiger partial charge < -0.3 is 4.90 Å². The number of piperazine rings is 1. The summed E-state index contributed by atoms with van der Waals surface area (Å²) in [5.74, 6) is 4.90. The average Bonchev–Trinajstić information content (AvgIpc) is 2.74. The van der Waals surface area contributed by atoms with Gasteiger partial charge in [0.2, 0.25) is 0 Å². The van der Waals surface area contributed by atoms with E-state index in [4.69, 9.17) is 5.84 Å². The zero-order valence-corrected chi connectivity index (χ0v) is 16.9. The number of anilines is 1. The van der Waals surface area contributed by atoms with Gasteiger partial charge in [-0.15, -0.1) is 0 Å². The first kappa shape index (κ1) is 23.9. The number of hydrogen-bond acceptors (Lipinski definition) is 6. The molecular formula is C19H20F6N6O. The van der Waals surface area contributed by atoms with E-state index in [1.165, 1.54) is 18.7 Å². The highest BCUT2D eigenvalue weighted by Crippen LogP contribution is 2.38. The van der Waals surface area contributed by atoms with Crippen LogP contribution in [-0.2, 0) is 17.1 Å². The Hall–Kier alpha value is -2.77. The Morgan fingerprint density at radius 2 is 1.47 bits per heavy atom. The molecule has 0 radical (unpaired) electrons. The fourth-order valence-electron chi connectivity index (χ4n) is 3.38. The van der Waals surface area contributed by atoms with Crippen molar-refractivity contribution in [3.05, 3.63) is 53.6 Å². The Morgan fingerprint density at radius 1 is 0.969 bits per heavy atom. The molecule has 13 heteroatoms. The number of carbonyl (C=O) groups is 1. The summed E-state index contributed by atoms with van der Waals surface area (Å²) in [4.78, 5) is 24.8. The molecule has 0 spiro atoms. The lowest BCUT2D eigenvalue weighted by molar-refractivity contribution is -0.143. The third-order valence-electron chi connectivity index (χ3n) is 5.12. The second-order valence-electron chi connectivity index (χ2n) is 7.39. The molecule has 0 aliphatic carbocycles. The summed E-state index contributed by atoms with van der Waals surface area (Å²) in [6.45, 7) is 2.05. The van der Waals surface area contributed by atoms with Gasteiger partial charge in [0.15, 0.2) is 0 Å². The van der Waals surface area contributed by atoms with Crippen molar-refractivity contribution in [3.63, 3.8) is 0 Å². The maximum absolute atomic E-state index is 13.3. The minimum atomic E-state index is -5.07. The summed E-state index contributed by atoms with van der Waals surface area (Å²) < 4.78 is 79.3. The minimum Gasteiger partial charge on any atom is -0.304 e. The van der Waals surface area contributed by atoms with Crippen molar-refractivity contribution >= 4 is 11.6 Å². The SMILES string of the molecule is CN1CCN(C(C(=O)N(N)c2cc(C(F)(F)F)cc(C(F)(F)F)c2)c2cncnc2)CC1. The van der Waals surface area contributed by atoms with E-state index >= 15 is 0 Å². The fraction of sp³-hybridized carbons (Fsp3) is 0.421. The monoisotopic (exact) mass is 462 g/mol. The zero-order chi connectivity index (χ0) is 23.7. The molecule has 1 aromatic carbocycles. The van der Waals surface area contributed by atoms with Gasteiger partial charge in [-0.3, -0.25) is 9.69 Å². The maximum atomic E-state index is 13.3. The van der Waals surface area contributed by atoms with Crippen molar-refractivity contribution in [2.45, 2.75) is 18.4 Å². The summed E-state index contributed by atoms with van der Waals surface area (Å²) in [7, 11) is 1.89. The minimum absolute atomic E-state index is 0.0230. The van der Waals surface area contributed by atoms with Crippen LogP contribution < -0.4 is 10.9 Å². The summed E-state index contributed by atoms with van der Waals surface area (Å²) in [6, 6.07) is -0.283. The Labute approximate surface area is 179 Å². The molecule has 1 aliphatic heterocycles. The number of carbonyl (C=O) groups excluding carboxylic acids is 1. The number of halogens is 6. The first-order valence-electron chi connectivity index (χ1n) is 9.43. The summed E-state index contributed by atoms with van der Waals surface area (Å²) >= 11 is 0. The highest BCUT2D eigenvalue weighted by Gasteiger charge is 2.39. The van der Waals surface area contributed by atoms with Crippen molar-refractivity contribution in [1.82, 2.24) is 19.8 Å². The van der Waals surface area contributed by atoms with Crippen LogP contribution in [0.2, 0.25) is 0 Å². The molecule has 32 heavy (non-hydrogen) atoms. The Kier molecular flexibility index (Phi) is 6.72. The molecule has 1 amide bonds. The van der Waals surface area contributed by atoms with Crippen molar-refractivity contribution in [1.29, 1.82) is 0 Å². The molecule has 1 fully saturated rings. The number of rotatable bonds is 4. The number of nitrogens with zero attached hydrogens (tertiary/aromatic N) is 5. The van der Waals surface area contributed by atoms with E-state index in [9.17, 15) is 31.1 Å². The molecule has 0 saturated carbocycles. The van der Waals surface area contributed by atoms with E-state index in [1.54, 1.807) is 4.90 Å². The molecule has 1 saturated heterocycles. The first-order chi connectivity index (χ1) is 14.9. The van der Waals surface area contributed by atoms with Crippen LogP contribution in [0, 0.1) is 0 Å². The van der Waals surface area contributed by atoms with Crippen LogP contribution in [0.25, 0.3) is 0 Å². The van der Waals surface area contributed by atoms with Gasteiger partial charge in [-0.25, -0.2) is 20.8 Å². The fourth-order valence-corrected chi connectivity index (χ4v) is 3.38. The number of hydrogen-bond donors (Lipinski definition) is 1. The highest BCUT2D eigenvalue weighted by atomic mass is 19.4. The van der Waals surface area contributed by atoms with Crippen molar-refractivity contribution in [3.8, 4) is 0 Å². The van der Waals surface area contributed by atoms with E-state index in [0.717, 1.165) is 0 Å². The van der Waals surface area contributed by atoms with Crippen LogP contribution in [0.3, 0.4) is 0 Å². The van der Waals surface area contributed by atoms with Gasteiger partial charge >= 0.3 is 12.4 Å². The predicted octanol–water partition coefficient (Wildman–Crippen LogP) is 2.71. The van der Waals surface area contributed by atoms with Crippen LogP contribution in [0.15, 0.2) is 36.9 Å². The number of amides is 1. The number of hydrazine groups is 1. The molecular weight excluding hydrogens is 442 g/mol. The normalized spacial score (nSPS) is 17.2. The summed E-state index contributed by atoms with van der Waals surface area (Å²) in [5.41, 5.74) is -3.54. The molecule has 1 atom stereocenters. The third kappa shape index (κ3) is 5.34. The lowest BCUT2D eigenvalue weighted by Crippen LogP contribution is -2.52. The van der Waals surface area contributed by atoms with Gasteiger partial charge in [-0.1, -0.05) is 0 Å². The zero-order valence-electron chi connectivity index (χ0n) is 16.9. The molecule has 2 N–H and O–H groups in total. The maximum Gasteiger partial charge on any atom is 0.416 e. The largest absolute Gasteiger partial charge is 0.416 e. The van der Waals surface area contributed by atoms with Gasteiger partial charge in [0.25, 0.3) is 5.91 Å². The van der Waals surface area contributed by atoms with Crippen molar-refractivity contribution in [2.75, 3.05) is 38.2 Å². The Morgan fingerprint density at radius 3 is 1.94 bits per heavy atom. The molecule has 1 aromatic heterocycles. The number of alkyl halides is 6. The smallest absolute Gasteiger partial charge is 0.304 e. The van der Waals surface area contributed by atoms with Crippen LogP contribution in [0.5, 0.6) is 0 Å². The Balaban J connectivity index is 2.02. The van der Waals surface area contributed by atoms with Crippen LogP contribution in [-0.4, -0.2) is 58.9 Å². The van der Waals surface area contributed by atoms with E-state index in [1.807, 2.05) is 11.9 Å². The second kappa shape index (κ2) is 9.00. The molecule has 3 rings (SSSR count). The van der Waals surface area contributed by atoms with Crippen molar-refractivity contribution in [2.24, 2.45) is 5.84 Å². The third-order valence-corrected chi connectivity index (χ3v) is 5.12. The lowest BCUT2D eigenvalue weighted by atomic mass is 10.0. The summed E-state index contributed by atoms with van der Waals surface area (Å²) in [6.07, 6.45) is -6.18. The molecule has 1 unspecified atom stereocenters. The van der Waals surface area contributed by atoms with Crippen LogP contribution in [0.4, 0.5) is 32.0 Å². The number of aromatic nitrogens is 2. The van der Waals surface area contributed by atoms with E-state index in [2.05, 4.69) is 9.97 Å². The second-order valence-corrected chi connectivity index (χ2v) is 7.39. The Bertz CT molecular complexity index is 911. The topological polar surface area (TPSA) is 78.6 Å².